The Morgan fingerprint density at radius 3 is 2.48 bits per heavy atom. The first-order chi connectivity index (χ1) is 15.5. The quantitative estimate of drug-likeness (QED) is 0.628. The van der Waals surface area contributed by atoms with E-state index in [4.69, 9.17) is 4.74 Å². The van der Waals surface area contributed by atoms with Gasteiger partial charge in [-0.1, -0.05) is 24.3 Å². The zero-order valence-electron chi connectivity index (χ0n) is 18.5. The molecular formula is C24H27F3N2O4. The van der Waals surface area contributed by atoms with Crippen LogP contribution < -0.4 is 10.1 Å². The van der Waals surface area contributed by atoms with Gasteiger partial charge in [-0.3, -0.25) is 0 Å². The molecule has 0 aliphatic carbocycles. The van der Waals surface area contributed by atoms with Crippen molar-refractivity contribution in [1.29, 1.82) is 0 Å². The van der Waals surface area contributed by atoms with Crippen LogP contribution in [0.15, 0.2) is 48.5 Å². The average Bonchev–Trinajstić information content (AvgIpc) is 2.77. The number of piperidine rings is 1. The number of aliphatic carboxylic acids is 1. The molecule has 9 heteroatoms. The minimum Gasteiger partial charge on any atom is -0.478 e. The lowest BCUT2D eigenvalue weighted by Gasteiger charge is -2.33. The van der Waals surface area contributed by atoms with Gasteiger partial charge in [-0.15, -0.1) is 0 Å². The average molecular weight is 464 g/mol. The molecule has 1 aliphatic rings. The fourth-order valence-corrected chi connectivity index (χ4v) is 3.70. The number of hydrogen-bond acceptors (Lipinski definition) is 3. The predicted molar refractivity (Wildman–Crippen MR) is 116 cm³/mol. The van der Waals surface area contributed by atoms with Gasteiger partial charge in [0.05, 0.1) is 5.56 Å². The number of carbonyl (C=O) groups is 2. The summed E-state index contributed by atoms with van der Waals surface area (Å²) in [5.74, 6) is -0.558. The van der Waals surface area contributed by atoms with Gasteiger partial charge in [-0.2, -0.15) is 13.2 Å². The zero-order chi connectivity index (χ0) is 24.2. The van der Waals surface area contributed by atoms with Crippen LogP contribution >= 0.6 is 0 Å². The molecule has 1 heterocycles. The van der Waals surface area contributed by atoms with E-state index in [0.29, 0.717) is 24.4 Å². The number of nitrogens with zero attached hydrogens (tertiary/aromatic N) is 1. The van der Waals surface area contributed by atoms with E-state index in [9.17, 15) is 27.9 Å². The molecule has 0 saturated carbocycles. The number of carboxylic acid groups (broad SMARTS) is 1. The number of carbonyl (C=O) groups excluding carboxylic acids is 1. The van der Waals surface area contributed by atoms with Crippen molar-refractivity contribution in [3.8, 4) is 5.75 Å². The number of likely N-dealkylation sites (tertiary alicyclic amines) is 1. The maximum absolute atomic E-state index is 12.7. The van der Waals surface area contributed by atoms with E-state index in [1.807, 2.05) is 6.07 Å². The first kappa shape index (κ1) is 24.4. The van der Waals surface area contributed by atoms with Crippen molar-refractivity contribution in [1.82, 2.24) is 10.2 Å². The lowest BCUT2D eigenvalue weighted by molar-refractivity contribution is -0.152. The largest absolute Gasteiger partial charge is 0.478 e. The molecule has 0 aromatic heterocycles. The third-order valence-electron chi connectivity index (χ3n) is 5.65. The maximum atomic E-state index is 12.7. The Morgan fingerprint density at radius 1 is 1.15 bits per heavy atom. The van der Waals surface area contributed by atoms with E-state index >= 15 is 0 Å². The van der Waals surface area contributed by atoms with Gasteiger partial charge in [0, 0.05) is 25.6 Å². The number of halogens is 3. The van der Waals surface area contributed by atoms with Gasteiger partial charge < -0.3 is 20.1 Å². The summed E-state index contributed by atoms with van der Waals surface area (Å²) in [6, 6.07) is 11.7. The number of rotatable bonds is 6. The van der Waals surface area contributed by atoms with Crippen LogP contribution in [0, 0.1) is 0 Å². The number of alkyl halides is 3. The van der Waals surface area contributed by atoms with Crippen molar-refractivity contribution >= 4 is 12.0 Å². The standard InChI is InChI=1S/C24H27F3N2O4/c1-23(2,21(30)31)33-20-7-3-5-17(13-20)18-6-4-12-29(15-18)22(32)28-14-16-8-10-19(11-9-16)24(25,26)27/h3,5,7-11,13,18H,4,6,12,14-15H2,1-2H3,(H,28,32)(H,30,31). The number of ether oxygens (including phenoxy) is 1. The van der Waals surface area contributed by atoms with Gasteiger partial charge in [0.25, 0.3) is 0 Å². The Hall–Kier alpha value is -3.23. The van der Waals surface area contributed by atoms with Gasteiger partial charge in [-0.05, 0) is 62.1 Å². The highest BCUT2D eigenvalue weighted by molar-refractivity contribution is 5.76. The number of hydrogen-bond donors (Lipinski definition) is 2. The van der Waals surface area contributed by atoms with Crippen LogP contribution in [0.3, 0.4) is 0 Å². The van der Waals surface area contributed by atoms with Crippen LogP contribution in [0.2, 0.25) is 0 Å². The highest BCUT2D eigenvalue weighted by Crippen LogP contribution is 2.31. The smallest absolute Gasteiger partial charge is 0.416 e. The van der Waals surface area contributed by atoms with Gasteiger partial charge in [0.2, 0.25) is 0 Å². The van der Waals surface area contributed by atoms with E-state index in [0.717, 1.165) is 30.5 Å². The number of amides is 2. The van der Waals surface area contributed by atoms with Gasteiger partial charge in [-0.25, -0.2) is 9.59 Å². The van der Waals surface area contributed by atoms with Crippen molar-refractivity contribution in [2.24, 2.45) is 0 Å². The number of nitrogens with one attached hydrogen (secondary N) is 1. The summed E-state index contributed by atoms with van der Waals surface area (Å²) in [6.45, 7) is 4.14. The van der Waals surface area contributed by atoms with E-state index in [1.165, 1.54) is 26.0 Å². The molecule has 0 bridgehead atoms. The number of carboxylic acids is 1. The Bertz CT molecular complexity index is 990. The van der Waals surface area contributed by atoms with Crippen molar-refractivity contribution < 1.29 is 32.6 Å². The fourth-order valence-electron chi connectivity index (χ4n) is 3.70. The van der Waals surface area contributed by atoms with Crippen molar-refractivity contribution in [2.45, 2.75) is 50.9 Å². The first-order valence-corrected chi connectivity index (χ1v) is 10.7. The SMILES string of the molecule is CC(C)(Oc1cccc(C2CCCN(C(=O)NCc3ccc(C(F)(F)F)cc3)C2)c1)C(=O)O. The molecular weight excluding hydrogens is 437 g/mol. The summed E-state index contributed by atoms with van der Waals surface area (Å²) in [5, 5.41) is 12.0. The second kappa shape index (κ2) is 9.72. The molecule has 3 rings (SSSR count). The Morgan fingerprint density at radius 2 is 1.85 bits per heavy atom. The molecule has 0 spiro atoms. The van der Waals surface area contributed by atoms with Gasteiger partial charge >= 0.3 is 18.2 Å². The van der Waals surface area contributed by atoms with Crippen LogP contribution in [0.5, 0.6) is 5.75 Å². The minimum absolute atomic E-state index is 0.0621. The third-order valence-corrected chi connectivity index (χ3v) is 5.65. The van der Waals surface area contributed by atoms with Crippen LogP contribution in [0.1, 0.15) is 49.3 Å². The molecule has 1 fully saturated rings. The third kappa shape index (κ3) is 6.40. The molecule has 2 amide bonds. The highest BCUT2D eigenvalue weighted by Gasteiger charge is 2.31. The summed E-state index contributed by atoms with van der Waals surface area (Å²) in [6.07, 6.45) is -2.73. The summed E-state index contributed by atoms with van der Waals surface area (Å²) < 4.78 is 43.7. The maximum Gasteiger partial charge on any atom is 0.416 e. The topological polar surface area (TPSA) is 78.9 Å². The highest BCUT2D eigenvalue weighted by atomic mass is 19.4. The van der Waals surface area contributed by atoms with Gasteiger partial charge in [0.15, 0.2) is 5.60 Å². The van der Waals surface area contributed by atoms with Crippen LogP contribution in [-0.4, -0.2) is 40.7 Å². The van der Waals surface area contributed by atoms with Gasteiger partial charge in [0.1, 0.15) is 5.75 Å². The normalized spacial score (nSPS) is 16.9. The van der Waals surface area contributed by atoms with Crippen LogP contribution in [0.25, 0.3) is 0 Å². The summed E-state index contributed by atoms with van der Waals surface area (Å²) in [5.41, 5.74) is -0.561. The Balaban J connectivity index is 1.59. The molecule has 2 aromatic rings. The molecule has 1 saturated heterocycles. The second-order valence-electron chi connectivity index (χ2n) is 8.63. The Kier molecular flexibility index (Phi) is 7.19. The van der Waals surface area contributed by atoms with Crippen molar-refractivity contribution in [3.63, 3.8) is 0 Å². The van der Waals surface area contributed by atoms with E-state index in [1.54, 1.807) is 23.1 Å². The molecule has 0 radical (unpaired) electrons. The minimum atomic E-state index is -4.39. The second-order valence-corrected chi connectivity index (χ2v) is 8.63. The predicted octanol–water partition coefficient (Wildman–Crippen LogP) is 5.04. The molecule has 6 nitrogen and oxygen atoms in total. The van der Waals surface area contributed by atoms with Crippen molar-refractivity contribution in [2.75, 3.05) is 13.1 Å². The zero-order valence-corrected chi connectivity index (χ0v) is 18.5. The van der Waals surface area contributed by atoms with Crippen LogP contribution in [0.4, 0.5) is 18.0 Å². The summed E-state index contributed by atoms with van der Waals surface area (Å²) >= 11 is 0. The Labute approximate surface area is 190 Å². The first-order valence-electron chi connectivity index (χ1n) is 10.7. The number of benzene rings is 2. The monoisotopic (exact) mass is 464 g/mol. The molecule has 178 valence electrons. The van der Waals surface area contributed by atoms with E-state index in [-0.39, 0.29) is 18.5 Å². The van der Waals surface area contributed by atoms with E-state index < -0.39 is 23.3 Å². The fraction of sp³-hybridized carbons (Fsp3) is 0.417. The molecule has 2 N–H and O–H groups in total. The lowest BCUT2D eigenvalue weighted by atomic mass is 9.90. The summed E-state index contributed by atoms with van der Waals surface area (Å²) in [4.78, 5) is 25.7. The molecule has 1 aliphatic heterocycles. The number of urea groups is 1. The van der Waals surface area contributed by atoms with Crippen LogP contribution in [-0.2, 0) is 17.5 Å². The molecule has 2 aromatic carbocycles. The van der Waals surface area contributed by atoms with Crippen molar-refractivity contribution in [3.05, 3.63) is 65.2 Å². The molecule has 1 atom stereocenters. The van der Waals surface area contributed by atoms with E-state index in [2.05, 4.69) is 5.32 Å². The molecule has 33 heavy (non-hydrogen) atoms. The summed E-state index contributed by atoms with van der Waals surface area (Å²) in [7, 11) is 0. The lowest BCUT2D eigenvalue weighted by Crippen LogP contribution is -2.44. The molecule has 1 unspecified atom stereocenters.